The van der Waals surface area contributed by atoms with Crippen molar-refractivity contribution in [3.63, 3.8) is 0 Å². The molecule has 0 radical (unpaired) electrons. The predicted molar refractivity (Wildman–Crippen MR) is 81.3 cm³/mol. The molecule has 0 spiro atoms. The third-order valence-electron chi connectivity index (χ3n) is 3.66. The lowest BCUT2D eigenvalue weighted by Crippen LogP contribution is -2.44. The Labute approximate surface area is 125 Å². The third kappa shape index (κ3) is 3.72. The van der Waals surface area contributed by atoms with Crippen molar-refractivity contribution in [2.45, 2.75) is 44.8 Å². The molecule has 0 aromatic heterocycles. The number of nitrogens with one attached hydrogen (secondary N) is 2. The molecule has 110 valence electrons. The average molecular weight is 296 g/mol. The zero-order valence-electron chi connectivity index (χ0n) is 12.0. The highest BCUT2D eigenvalue weighted by atomic mass is 35.5. The van der Waals surface area contributed by atoms with E-state index in [9.17, 15) is 4.79 Å². The van der Waals surface area contributed by atoms with Gasteiger partial charge in [0.1, 0.15) is 6.04 Å². The second kappa shape index (κ2) is 7.07. The lowest BCUT2D eigenvalue weighted by molar-refractivity contribution is -0.132. The minimum absolute atomic E-state index is 0.107. The van der Waals surface area contributed by atoms with Crippen LogP contribution in [0.4, 0.5) is 0 Å². The Morgan fingerprint density at radius 3 is 2.85 bits per heavy atom. The molecule has 1 aromatic carbocycles. The first kappa shape index (κ1) is 15.3. The molecule has 0 aliphatic carbocycles. The SMILES string of the molecule is CCCC1CC(C(=O)N(C)Cc2ccccc2Cl)NN1. The van der Waals surface area contributed by atoms with Gasteiger partial charge in [-0.05, 0) is 24.5 Å². The minimum atomic E-state index is -0.140. The van der Waals surface area contributed by atoms with Crippen LogP contribution in [0.1, 0.15) is 31.7 Å². The maximum atomic E-state index is 12.4. The van der Waals surface area contributed by atoms with E-state index in [1.54, 1.807) is 4.90 Å². The number of hydrogen-bond acceptors (Lipinski definition) is 3. The van der Waals surface area contributed by atoms with E-state index in [1.165, 1.54) is 0 Å². The molecule has 20 heavy (non-hydrogen) atoms. The maximum Gasteiger partial charge on any atom is 0.241 e. The molecule has 1 fully saturated rings. The molecular formula is C15H22ClN3O. The highest BCUT2D eigenvalue weighted by Crippen LogP contribution is 2.18. The van der Waals surface area contributed by atoms with Crippen LogP contribution in [-0.2, 0) is 11.3 Å². The number of rotatable bonds is 5. The number of hydrogen-bond donors (Lipinski definition) is 2. The van der Waals surface area contributed by atoms with Gasteiger partial charge in [0.25, 0.3) is 0 Å². The first-order chi connectivity index (χ1) is 9.61. The lowest BCUT2D eigenvalue weighted by atomic mass is 10.1. The zero-order chi connectivity index (χ0) is 14.5. The number of benzene rings is 1. The van der Waals surface area contributed by atoms with Crippen LogP contribution in [0.5, 0.6) is 0 Å². The maximum absolute atomic E-state index is 12.4. The summed E-state index contributed by atoms with van der Waals surface area (Å²) < 4.78 is 0. The second-order valence-electron chi connectivity index (χ2n) is 5.35. The van der Waals surface area contributed by atoms with Crippen LogP contribution in [0, 0.1) is 0 Å². The highest BCUT2D eigenvalue weighted by Gasteiger charge is 2.30. The third-order valence-corrected chi connectivity index (χ3v) is 4.03. The number of carbonyl (C=O) groups is 1. The van der Waals surface area contributed by atoms with Crippen molar-refractivity contribution in [1.29, 1.82) is 0 Å². The first-order valence-electron chi connectivity index (χ1n) is 7.11. The van der Waals surface area contributed by atoms with Crippen molar-refractivity contribution in [2.75, 3.05) is 7.05 Å². The number of carbonyl (C=O) groups excluding carboxylic acids is 1. The van der Waals surface area contributed by atoms with Crippen LogP contribution in [0.2, 0.25) is 5.02 Å². The molecule has 2 unspecified atom stereocenters. The Balaban J connectivity index is 1.91. The molecule has 0 bridgehead atoms. The average Bonchev–Trinajstić information content (AvgIpc) is 2.89. The number of halogens is 1. The van der Waals surface area contributed by atoms with Gasteiger partial charge in [-0.3, -0.25) is 10.2 Å². The standard InChI is InChI=1S/C15H22ClN3O/c1-3-6-12-9-14(18-17-12)15(20)19(2)10-11-7-4-5-8-13(11)16/h4-5,7-8,12,14,17-18H,3,6,9-10H2,1-2H3. The molecule has 1 saturated heterocycles. The van der Waals surface area contributed by atoms with E-state index in [2.05, 4.69) is 17.8 Å². The van der Waals surface area contributed by atoms with Crippen LogP contribution < -0.4 is 10.9 Å². The van der Waals surface area contributed by atoms with Gasteiger partial charge in [-0.25, -0.2) is 5.43 Å². The van der Waals surface area contributed by atoms with Crippen molar-refractivity contribution in [2.24, 2.45) is 0 Å². The summed E-state index contributed by atoms with van der Waals surface area (Å²) in [6, 6.07) is 7.88. The van der Waals surface area contributed by atoms with Crippen molar-refractivity contribution < 1.29 is 4.79 Å². The molecule has 0 saturated carbocycles. The van der Waals surface area contributed by atoms with E-state index in [-0.39, 0.29) is 11.9 Å². The van der Waals surface area contributed by atoms with E-state index in [0.717, 1.165) is 24.8 Å². The van der Waals surface area contributed by atoms with Crippen LogP contribution in [-0.4, -0.2) is 29.9 Å². The lowest BCUT2D eigenvalue weighted by Gasteiger charge is -2.21. The number of likely N-dealkylation sites (N-methyl/N-ethyl adjacent to an activating group) is 1. The van der Waals surface area contributed by atoms with Gasteiger partial charge in [0.05, 0.1) is 0 Å². The molecule has 2 rings (SSSR count). The molecule has 2 atom stereocenters. The highest BCUT2D eigenvalue weighted by molar-refractivity contribution is 6.31. The molecular weight excluding hydrogens is 274 g/mol. The van der Waals surface area contributed by atoms with Gasteiger partial charge in [0, 0.05) is 24.7 Å². The van der Waals surface area contributed by atoms with Crippen molar-refractivity contribution in [3.8, 4) is 0 Å². The summed E-state index contributed by atoms with van der Waals surface area (Å²) in [5.74, 6) is 0.107. The fourth-order valence-electron chi connectivity index (χ4n) is 2.55. The van der Waals surface area contributed by atoms with Crippen molar-refractivity contribution in [1.82, 2.24) is 15.8 Å². The number of nitrogens with zero attached hydrogens (tertiary/aromatic N) is 1. The van der Waals surface area contributed by atoms with Gasteiger partial charge >= 0.3 is 0 Å². The van der Waals surface area contributed by atoms with Gasteiger partial charge in [-0.1, -0.05) is 43.1 Å². The van der Waals surface area contributed by atoms with Gasteiger partial charge in [-0.2, -0.15) is 0 Å². The topological polar surface area (TPSA) is 44.4 Å². The molecule has 1 aromatic rings. The summed E-state index contributed by atoms with van der Waals surface area (Å²) in [4.78, 5) is 14.1. The van der Waals surface area contributed by atoms with E-state index in [4.69, 9.17) is 11.6 Å². The van der Waals surface area contributed by atoms with Crippen LogP contribution in [0.25, 0.3) is 0 Å². The summed E-state index contributed by atoms with van der Waals surface area (Å²) in [6.07, 6.45) is 3.06. The molecule has 1 heterocycles. The van der Waals surface area contributed by atoms with Crippen LogP contribution >= 0.6 is 11.6 Å². The van der Waals surface area contributed by atoms with E-state index in [1.807, 2.05) is 31.3 Å². The van der Waals surface area contributed by atoms with Crippen LogP contribution in [0.15, 0.2) is 24.3 Å². The summed E-state index contributed by atoms with van der Waals surface area (Å²) in [6.45, 7) is 2.69. The Kier molecular flexibility index (Phi) is 5.40. The molecule has 1 amide bonds. The smallest absolute Gasteiger partial charge is 0.241 e. The Morgan fingerprint density at radius 1 is 1.40 bits per heavy atom. The van der Waals surface area contributed by atoms with Crippen molar-refractivity contribution >= 4 is 17.5 Å². The van der Waals surface area contributed by atoms with Gasteiger partial charge in [-0.15, -0.1) is 0 Å². The summed E-state index contributed by atoms with van der Waals surface area (Å²) in [7, 11) is 1.82. The largest absolute Gasteiger partial charge is 0.340 e. The molecule has 1 aliphatic rings. The fraction of sp³-hybridized carbons (Fsp3) is 0.533. The quantitative estimate of drug-likeness (QED) is 0.876. The number of hydrazine groups is 1. The number of amides is 1. The second-order valence-corrected chi connectivity index (χ2v) is 5.76. The molecule has 5 heteroatoms. The van der Waals surface area contributed by atoms with Gasteiger partial charge in [0.2, 0.25) is 5.91 Å². The minimum Gasteiger partial charge on any atom is -0.340 e. The summed E-state index contributed by atoms with van der Waals surface area (Å²) in [5, 5.41) is 0.702. The zero-order valence-corrected chi connectivity index (χ0v) is 12.8. The Hall–Kier alpha value is -1.10. The predicted octanol–water partition coefficient (Wildman–Crippen LogP) is 2.33. The van der Waals surface area contributed by atoms with E-state index in [0.29, 0.717) is 17.6 Å². The van der Waals surface area contributed by atoms with Gasteiger partial charge in [0.15, 0.2) is 0 Å². The first-order valence-corrected chi connectivity index (χ1v) is 7.49. The van der Waals surface area contributed by atoms with E-state index >= 15 is 0 Å². The summed E-state index contributed by atoms with van der Waals surface area (Å²) >= 11 is 6.13. The molecule has 2 N–H and O–H groups in total. The fourth-order valence-corrected chi connectivity index (χ4v) is 2.74. The Bertz CT molecular complexity index is 466. The molecule has 4 nitrogen and oxygen atoms in total. The van der Waals surface area contributed by atoms with E-state index < -0.39 is 0 Å². The van der Waals surface area contributed by atoms with Gasteiger partial charge < -0.3 is 4.90 Å². The molecule has 1 aliphatic heterocycles. The Morgan fingerprint density at radius 2 is 2.15 bits per heavy atom. The van der Waals surface area contributed by atoms with Crippen LogP contribution in [0.3, 0.4) is 0 Å². The normalized spacial score (nSPS) is 21.9. The summed E-state index contributed by atoms with van der Waals surface area (Å²) in [5.41, 5.74) is 7.27. The monoisotopic (exact) mass is 295 g/mol. The van der Waals surface area contributed by atoms with Crippen molar-refractivity contribution in [3.05, 3.63) is 34.9 Å².